The molecular weight excluding hydrogens is 310 g/mol. The number of nitrogens with zero attached hydrogens (tertiary/aromatic N) is 1. The van der Waals surface area contributed by atoms with Gasteiger partial charge in [-0.15, -0.1) is 0 Å². The van der Waals surface area contributed by atoms with E-state index in [9.17, 15) is 4.79 Å². The first-order valence-corrected chi connectivity index (χ1v) is 5.58. The highest BCUT2D eigenvalue weighted by Gasteiger charge is 2.11. The lowest BCUT2D eigenvalue weighted by Gasteiger charge is -2.02. The van der Waals surface area contributed by atoms with Crippen molar-refractivity contribution in [1.29, 1.82) is 0 Å². The van der Waals surface area contributed by atoms with Crippen LogP contribution in [0.5, 0.6) is 0 Å². The largest absolute Gasteiger partial charge is 0.292 e. The smallest absolute Gasteiger partial charge is 0.186 e. The summed E-state index contributed by atoms with van der Waals surface area (Å²) in [5.74, 6) is -0.0168. The van der Waals surface area contributed by atoms with Crippen LogP contribution in [-0.2, 0) is 0 Å². The Morgan fingerprint density at radius 2 is 2.21 bits per heavy atom. The second kappa shape index (κ2) is 4.84. The standard InChI is InChI=1S/C10H9Br2NO/c1-6(2)3-9(14)10-8(12)4-7(11)5-13-10/h4-5H,1,3H2,2H3. The average molecular weight is 319 g/mol. The van der Waals surface area contributed by atoms with Gasteiger partial charge in [-0.1, -0.05) is 12.2 Å². The summed E-state index contributed by atoms with van der Waals surface area (Å²) in [6, 6.07) is 1.80. The van der Waals surface area contributed by atoms with Gasteiger partial charge in [0.2, 0.25) is 0 Å². The number of ketones is 1. The lowest BCUT2D eigenvalue weighted by molar-refractivity contribution is 0.0987. The lowest BCUT2D eigenvalue weighted by Crippen LogP contribution is -2.03. The van der Waals surface area contributed by atoms with Gasteiger partial charge in [-0.2, -0.15) is 0 Å². The molecule has 0 saturated heterocycles. The highest BCUT2D eigenvalue weighted by Crippen LogP contribution is 2.21. The third kappa shape index (κ3) is 3.03. The second-order valence-corrected chi connectivity index (χ2v) is 4.81. The molecule has 0 saturated carbocycles. The summed E-state index contributed by atoms with van der Waals surface area (Å²) in [5.41, 5.74) is 1.29. The molecule has 1 aromatic rings. The van der Waals surface area contributed by atoms with Crippen molar-refractivity contribution < 1.29 is 4.79 Å². The predicted molar refractivity (Wildman–Crippen MR) is 63.4 cm³/mol. The van der Waals surface area contributed by atoms with Crippen molar-refractivity contribution in [3.8, 4) is 0 Å². The van der Waals surface area contributed by atoms with Gasteiger partial charge in [0.25, 0.3) is 0 Å². The van der Waals surface area contributed by atoms with Gasteiger partial charge in [-0.05, 0) is 44.8 Å². The van der Waals surface area contributed by atoms with Crippen LogP contribution in [0.1, 0.15) is 23.8 Å². The van der Waals surface area contributed by atoms with Gasteiger partial charge < -0.3 is 0 Å². The summed E-state index contributed by atoms with van der Waals surface area (Å²) >= 11 is 6.57. The van der Waals surface area contributed by atoms with Crippen molar-refractivity contribution in [3.05, 3.63) is 39.1 Å². The quantitative estimate of drug-likeness (QED) is 0.627. The Balaban J connectivity index is 2.96. The predicted octanol–water partition coefficient (Wildman–Crippen LogP) is 3.76. The second-order valence-electron chi connectivity index (χ2n) is 3.04. The Hall–Kier alpha value is -0.480. The molecule has 0 aromatic carbocycles. The summed E-state index contributed by atoms with van der Waals surface area (Å²) in [7, 11) is 0. The first kappa shape index (κ1) is 11.6. The molecule has 0 N–H and O–H groups in total. The van der Waals surface area contributed by atoms with E-state index in [1.54, 1.807) is 12.3 Å². The van der Waals surface area contributed by atoms with Crippen LogP contribution < -0.4 is 0 Å². The first-order valence-electron chi connectivity index (χ1n) is 3.99. The van der Waals surface area contributed by atoms with E-state index < -0.39 is 0 Å². The van der Waals surface area contributed by atoms with Gasteiger partial charge in [-0.3, -0.25) is 9.78 Å². The Kier molecular flexibility index (Phi) is 4.01. The number of pyridine rings is 1. The van der Waals surface area contributed by atoms with Gasteiger partial charge in [0.05, 0.1) is 0 Å². The number of rotatable bonds is 3. The van der Waals surface area contributed by atoms with E-state index in [0.29, 0.717) is 16.6 Å². The maximum absolute atomic E-state index is 11.6. The Bertz CT molecular complexity index is 388. The molecule has 0 radical (unpaired) electrons. The summed E-state index contributed by atoms with van der Waals surface area (Å²) in [6.07, 6.45) is 1.95. The molecule has 1 rings (SSSR count). The highest BCUT2D eigenvalue weighted by molar-refractivity contribution is 9.11. The minimum atomic E-state index is -0.0168. The molecule has 0 bridgehead atoms. The topological polar surface area (TPSA) is 30.0 Å². The maximum atomic E-state index is 11.6. The molecule has 0 aliphatic carbocycles. The summed E-state index contributed by atoms with van der Waals surface area (Å²) in [5, 5.41) is 0. The molecule has 0 unspecified atom stereocenters. The van der Waals surface area contributed by atoms with Gasteiger partial charge in [0.1, 0.15) is 5.69 Å². The average Bonchev–Trinajstić information content (AvgIpc) is 2.01. The van der Waals surface area contributed by atoms with Crippen molar-refractivity contribution in [2.75, 3.05) is 0 Å². The van der Waals surface area contributed by atoms with E-state index in [-0.39, 0.29) is 5.78 Å². The Labute approximate surface area is 99.7 Å². The van der Waals surface area contributed by atoms with Crippen LogP contribution in [0.4, 0.5) is 0 Å². The molecule has 0 amide bonds. The van der Waals surface area contributed by atoms with Gasteiger partial charge in [0, 0.05) is 21.6 Å². The van der Waals surface area contributed by atoms with Crippen LogP contribution in [0.2, 0.25) is 0 Å². The number of carbonyl (C=O) groups is 1. The maximum Gasteiger partial charge on any atom is 0.186 e. The van der Waals surface area contributed by atoms with Crippen LogP contribution in [0, 0.1) is 0 Å². The highest BCUT2D eigenvalue weighted by atomic mass is 79.9. The third-order valence-electron chi connectivity index (χ3n) is 1.53. The molecule has 1 heterocycles. The van der Waals surface area contributed by atoms with E-state index in [2.05, 4.69) is 43.4 Å². The van der Waals surface area contributed by atoms with Crippen molar-refractivity contribution >= 4 is 37.6 Å². The van der Waals surface area contributed by atoms with E-state index >= 15 is 0 Å². The van der Waals surface area contributed by atoms with Crippen LogP contribution in [0.3, 0.4) is 0 Å². The fourth-order valence-corrected chi connectivity index (χ4v) is 2.19. The third-order valence-corrected chi connectivity index (χ3v) is 2.57. The van der Waals surface area contributed by atoms with Crippen molar-refractivity contribution in [2.45, 2.75) is 13.3 Å². The summed E-state index contributed by atoms with van der Waals surface area (Å²) < 4.78 is 1.55. The molecular formula is C10H9Br2NO. The van der Waals surface area contributed by atoms with E-state index in [1.165, 1.54) is 0 Å². The van der Waals surface area contributed by atoms with Gasteiger partial charge >= 0.3 is 0 Å². The number of Topliss-reactive ketones (excluding diaryl/α,β-unsaturated/α-hetero) is 1. The zero-order valence-electron chi connectivity index (χ0n) is 7.68. The van der Waals surface area contributed by atoms with E-state index in [0.717, 1.165) is 10.0 Å². The van der Waals surface area contributed by atoms with E-state index in [1.807, 2.05) is 6.92 Å². The lowest BCUT2D eigenvalue weighted by atomic mass is 10.1. The minimum Gasteiger partial charge on any atom is -0.292 e. The minimum absolute atomic E-state index is 0.0168. The zero-order chi connectivity index (χ0) is 10.7. The number of carbonyl (C=O) groups excluding carboxylic acids is 1. The molecule has 1 aromatic heterocycles. The van der Waals surface area contributed by atoms with E-state index in [4.69, 9.17) is 0 Å². The molecule has 0 atom stereocenters. The summed E-state index contributed by atoms with van der Waals surface area (Å²) in [4.78, 5) is 15.7. The normalized spacial score (nSPS) is 9.93. The molecule has 2 nitrogen and oxygen atoms in total. The van der Waals surface area contributed by atoms with Crippen LogP contribution >= 0.6 is 31.9 Å². The fourth-order valence-electron chi connectivity index (χ4n) is 0.978. The fraction of sp³-hybridized carbons (Fsp3) is 0.200. The van der Waals surface area contributed by atoms with Crippen molar-refractivity contribution in [3.63, 3.8) is 0 Å². The molecule has 0 spiro atoms. The van der Waals surface area contributed by atoms with Gasteiger partial charge in [-0.25, -0.2) is 0 Å². The summed E-state index contributed by atoms with van der Waals surface area (Å²) in [6.45, 7) is 5.52. The zero-order valence-corrected chi connectivity index (χ0v) is 10.9. The molecule has 0 aliphatic heterocycles. The Morgan fingerprint density at radius 3 is 2.71 bits per heavy atom. The molecule has 4 heteroatoms. The molecule has 74 valence electrons. The number of halogens is 2. The number of hydrogen-bond acceptors (Lipinski definition) is 2. The molecule has 0 aliphatic rings. The van der Waals surface area contributed by atoms with Crippen LogP contribution in [0.25, 0.3) is 0 Å². The Morgan fingerprint density at radius 1 is 1.57 bits per heavy atom. The number of aromatic nitrogens is 1. The molecule has 0 fully saturated rings. The number of allylic oxidation sites excluding steroid dienone is 1. The van der Waals surface area contributed by atoms with Crippen molar-refractivity contribution in [2.24, 2.45) is 0 Å². The van der Waals surface area contributed by atoms with Crippen LogP contribution in [-0.4, -0.2) is 10.8 Å². The number of hydrogen-bond donors (Lipinski definition) is 0. The molecule has 14 heavy (non-hydrogen) atoms. The van der Waals surface area contributed by atoms with Gasteiger partial charge in [0.15, 0.2) is 5.78 Å². The SMILES string of the molecule is C=C(C)CC(=O)c1ncc(Br)cc1Br. The van der Waals surface area contributed by atoms with Crippen LogP contribution in [0.15, 0.2) is 33.4 Å². The monoisotopic (exact) mass is 317 g/mol. The van der Waals surface area contributed by atoms with Crippen molar-refractivity contribution in [1.82, 2.24) is 4.98 Å². The first-order chi connectivity index (χ1) is 6.50.